The number of hydrogen-bond acceptors (Lipinski definition) is 6. The second kappa shape index (κ2) is 10.9. The molecule has 3 fully saturated rings. The summed E-state index contributed by atoms with van der Waals surface area (Å²) in [6, 6.07) is 0. The fraction of sp³-hybridized carbons (Fsp3) is 0.950. The summed E-state index contributed by atoms with van der Waals surface area (Å²) in [4.78, 5) is 9.83. The minimum atomic E-state index is -2.82. The van der Waals surface area contributed by atoms with E-state index in [1.165, 1.54) is 32.1 Å². The number of nitrogens with one attached hydrogen (secondary N) is 2. The van der Waals surface area contributed by atoms with E-state index in [-0.39, 0.29) is 17.0 Å². The Kier molecular flexibility index (Phi) is 8.58. The largest absolute Gasteiger partial charge is 0.379 e. The van der Waals surface area contributed by atoms with Gasteiger partial charge < -0.3 is 15.4 Å². The van der Waals surface area contributed by atoms with Crippen LogP contribution in [0.25, 0.3) is 0 Å². The number of hydrogen-bond donors (Lipinski definition) is 2. The van der Waals surface area contributed by atoms with E-state index < -0.39 is 9.84 Å². The summed E-state index contributed by atoms with van der Waals surface area (Å²) in [6.45, 7) is 10.3. The predicted octanol–water partition coefficient (Wildman–Crippen LogP) is 0.307. The van der Waals surface area contributed by atoms with Crippen LogP contribution in [0.4, 0.5) is 0 Å². The van der Waals surface area contributed by atoms with Gasteiger partial charge in [0.05, 0.1) is 31.3 Å². The second-order valence-electron chi connectivity index (χ2n) is 8.50. The smallest absolute Gasteiger partial charge is 0.191 e. The van der Waals surface area contributed by atoms with Gasteiger partial charge >= 0.3 is 0 Å². The molecule has 9 heteroatoms. The van der Waals surface area contributed by atoms with Crippen molar-refractivity contribution < 1.29 is 13.2 Å². The molecule has 0 aromatic carbocycles. The van der Waals surface area contributed by atoms with Crippen LogP contribution in [0, 0.1) is 0 Å². The van der Waals surface area contributed by atoms with Gasteiger partial charge in [-0.3, -0.25) is 14.8 Å². The Balaban J connectivity index is 1.53. The molecule has 1 aliphatic carbocycles. The van der Waals surface area contributed by atoms with Crippen LogP contribution in [0.2, 0.25) is 0 Å². The molecule has 0 bridgehead atoms. The maximum atomic E-state index is 11.6. The third kappa shape index (κ3) is 6.80. The third-order valence-electron chi connectivity index (χ3n) is 6.50. The first-order chi connectivity index (χ1) is 14.0. The molecule has 2 heterocycles. The number of nitrogens with zero attached hydrogens (tertiary/aromatic N) is 3. The lowest BCUT2D eigenvalue weighted by molar-refractivity contribution is -0.0333. The van der Waals surface area contributed by atoms with Crippen LogP contribution in [0.3, 0.4) is 0 Å². The fourth-order valence-corrected chi connectivity index (χ4v) is 5.97. The number of ether oxygens (including phenoxy) is 1. The van der Waals surface area contributed by atoms with Crippen molar-refractivity contribution in [2.45, 2.75) is 44.6 Å². The molecular formula is C20H39N5O3S. The van der Waals surface area contributed by atoms with Crippen molar-refractivity contribution in [1.29, 1.82) is 0 Å². The monoisotopic (exact) mass is 429 g/mol. The molecule has 2 aliphatic heterocycles. The van der Waals surface area contributed by atoms with Gasteiger partial charge in [-0.25, -0.2) is 8.42 Å². The molecular weight excluding hydrogens is 390 g/mol. The molecule has 3 aliphatic rings. The minimum Gasteiger partial charge on any atom is -0.379 e. The lowest BCUT2D eigenvalue weighted by Crippen LogP contribution is -2.56. The van der Waals surface area contributed by atoms with Gasteiger partial charge in [0.2, 0.25) is 0 Å². The number of guanidine groups is 1. The van der Waals surface area contributed by atoms with E-state index >= 15 is 0 Å². The zero-order valence-electron chi connectivity index (χ0n) is 18.0. The zero-order valence-corrected chi connectivity index (χ0v) is 18.8. The average molecular weight is 430 g/mol. The van der Waals surface area contributed by atoms with E-state index in [1.807, 2.05) is 0 Å². The van der Waals surface area contributed by atoms with Gasteiger partial charge in [0.15, 0.2) is 15.8 Å². The van der Waals surface area contributed by atoms with Crippen LogP contribution in [0.1, 0.15) is 39.0 Å². The Morgan fingerprint density at radius 3 is 2.38 bits per heavy atom. The van der Waals surface area contributed by atoms with Gasteiger partial charge in [0.25, 0.3) is 0 Å². The summed E-state index contributed by atoms with van der Waals surface area (Å²) >= 11 is 0. The molecule has 168 valence electrons. The SMILES string of the molecule is CCNC(=NCC1(N2CCOCC2)CCCCC1)NCCN1CCS(=O)(=O)CC1. The van der Waals surface area contributed by atoms with Crippen molar-refractivity contribution in [2.24, 2.45) is 4.99 Å². The first kappa shape index (κ1) is 22.8. The van der Waals surface area contributed by atoms with Crippen LogP contribution >= 0.6 is 0 Å². The highest BCUT2D eigenvalue weighted by Crippen LogP contribution is 2.34. The molecule has 3 rings (SSSR count). The number of aliphatic imine (C=N–C) groups is 1. The molecule has 0 radical (unpaired) electrons. The highest BCUT2D eigenvalue weighted by Gasteiger charge is 2.38. The van der Waals surface area contributed by atoms with Gasteiger partial charge in [-0.05, 0) is 19.8 Å². The van der Waals surface area contributed by atoms with Gasteiger partial charge in [0, 0.05) is 51.4 Å². The first-order valence-electron chi connectivity index (χ1n) is 11.3. The average Bonchev–Trinajstić information content (AvgIpc) is 2.74. The molecule has 2 saturated heterocycles. The van der Waals surface area contributed by atoms with Crippen molar-refractivity contribution in [3.05, 3.63) is 0 Å². The lowest BCUT2D eigenvalue weighted by Gasteiger charge is -2.47. The Bertz CT molecular complexity index is 614. The predicted molar refractivity (Wildman–Crippen MR) is 117 cm³/mol. The first-order valence-corrected chi connectivity index (χ1v) is 13.1. The van der Waals surface area contributed by atoms with Gasteiger partial charge in [0.1, 0.15) is 0 Å². The maximum Gasteiger partial charge on any atom is 0.191 e. The van der Waals surface area contributed by atoms with Gasteiger partial charge in [-0.1, -0.05) is 19.3 Å². The molecule has 0 atom stereocenters. The molecule has 0 amide bonds. The molecule has 1 saturated carbocycles. The minimum absolute atomic E-state index is 0.172. The van der Waals surface area contributed by atoms with Crippen LogP contribution in [0.5, 0.6) is 0 Å². The fourth-order valence-electron chi connectivity index (χ4n) is 4.70. The number of morpholine rings is 1. The van der Waals surface area contributed by atoms with Crippen molar-refractivity contribution >= 4 is 15.8 Å². The Morgan fingerprint density at radius 2 is 1.72 bits per heavy atom. The molecule has 0 spiro atoms. The van der Waals surface area contributed by atoms with Crippen LogP contribution < -0.4 is 10.6 Å². The van der Waals surface area contributed by atoms with E-state index in [0.717, 1.165) is 58.4 Å². The summed E-state index contributed by atoms with van der Waals surface area (Å²) in [5.74, 6) is 1.43. The van der Waals surface area contributed by atoms with Crippen LogP contribution in [-0.4, -0.2) is 107 Å². The summed E-state index contributed by atoms with van der Waals surface area (Å²) in [7, 11) is -2.82. The Hall–Kier alpha value is -0.900. The Morgan fingerprint density at radius 1 is 1.03 bits per heavy atom. The molecule has 0 aromatic heterocycles. The standard InChI is InChI=1S/C20H39N5O3S/c1-2-21-19(22-8-9-24-12-16-29(26,27)17-13-24)23-18-20(6-4-3-5-7-20)25-10-14-28-15-11-25/h2-18H2,1H3,(H2,21,22,23). The third-order valence-corrected chi connectivity index (χ3v) is 8.11. The van der Waals surface area contributed by atoms with Crippen molar-refractivity contribution in [3.63, 3.8) is 0 Å². The van der Waals surface area contributed by atoms with E-state index in [9.17, 15) is 8.42 Å². The maximum absolute atomic E-state index is 11.6. The van der Waals surface area contributed by atoms with Gasteiger partial charge in [-0.2, -0.15) is 0 Å². The van der Waals surface area contributed by atoms with E-state index in [1.54, 1.807) is 0 Å². The summed E-state index contributed by atoms with van der Waals surface area (Å²) in [5.41, 5.74) is 0.172. The van der Waals surface area contributed by atoms with Crippen LogP contribution in [0.15, 0.2) is 4.99 Å². The highest BCUT2D eigenvalue weighted by molar-refractivity contribution is 7.91. The van der Waals surface area contributed by atoms with Gasteiger partial charge in [-0.15, -0.1) is 0 Å². The molecule has 8 nitrogen and oxygen atoms in total. The topological polar surface area (TPSA) is 86.3 Å². The molecule has 0 unspecified atom stereocenters. The molecule has 0 aromatic rings. The second-order valence-corrected chi connectivity index (χ2v) is 10.8. The van der Waals surface area contributed by atoms with E-state index in [4.69, 9.17) is 9.73 Å². The molecule has 29 heavy (non-hydrogen) atoms. The van der Waals surface area contributed by atoms with Crippen molar-refractivity contribution in [3.8, 4) is 0 Å². The quantitative estimate of drug-likeness (QED) is 0.445. The lowest BCUT2D eigenvalue weighted by atomic mass is 9.80. The summed E-state index contributed by atoms with van der Waals surface area (Å²) in [6.07, 6.45) is 6.35. The van der Waals surface area contributed by atoms with Crippen LogP contribution in [-0.2, 0) is 14.6 Å². The van der Waals surface area contributed by atoms with Crippen molar-refractivity contribution in [1.82, 2.24) is 20.4 Å². The van der Waals surface area contributed by atoms with E-state index in [0.29, 0.717) is 13.1 Å². The van der Waals surface area contributed by atoms with Crippen molar-refractivity contribution in [2.75, 3.05) is 77.1 Å². The zero-order chi connectivity index (χ0) is 20.6. The summed E-state index contributed by atoms with van der Waals surface area (Å²) in [5, 5.41) is 6.83. The number of sulfone groups is 1. The van der Waals surface area contributed by atoms with E-state index in [2.05, 4.69) is 27.4 Å². The number of rotatable bonds is 7. The highest BCUT2D eigenvalue weighted by atomic mass is 32.2. The Labute approximate surface area is 176 Å². The molecule has 2 N–H and O–H groups in total. The normalized spacial score (nSPS) is 26.2. The summed E-state index contributed by atoms with van der Waals surface area (Å²) < 4.78 is 28.7.